The first-order valence-corrected chi connectivity index (χ1v) is 9.26. The lowest BCUT2D eigenvalue weighted by atomic mass is 10.1. The fourth-order valence-corrected chi connectivity index (χ4v) is 3.24. The number of hydrogen-bond donors (Lipinski definition) is 1. The number of halogens is 1. The van der Waals surface area contributed by atoms with E-state index in [0.717, 1.165) is 43.7 Å². The Hall–Kier alpha value is -2.34. The number of anilines is 1. The molecule has 3 rings (SSSR count). The molecule has 0 fully saturated rings. The lowest BCUT2D eigenvalue weighted by molar-refractivity contribution is 0.278. The minimum atomic E-state index is -0.252. The van der Waals surface area contributed by atoms with Gasteiger partial charge in [0.05, 0.1) is 18.9 Å². The van der Waals surface area contributed by atoms with E-state index in [1.54, 1.807) is 12.1 Å². The van der Waals surface area contributed by atoms with Crippen molar-refractivity contribution in [2.24, 2.45) is 5.73 Å². The summed E-state index contributed by atoms with van der Waals surface area (Å²) in [6.45, 7) is 2.10. The van der Waals surface area contributed by atoms with Gasteiger partial charge >= 0.3 is 0 Å². The first kappa shape index (κ1) is 18.5. The normalized spacial score (nSPS) is 12.7. The quantitative estimate of drug-likeness (QED) is 0.558. The summed E-state index contributed by atoms with van der Waals surface area (Å²) in [5, 5.41) is 0.405. The standard InChI is InChI=1S/C20H23FN2O2S/c21-15-7-9-16(10-8-15)24-13-2-1-3-14-25-19-6-4-5-18-17(19)11-12-23(18)20(22)26/h4-10H,1-3,11-14H2,(H2,22,26). The third kappa shape index (κ3) is 4.64. The van der Waals surface area contributed by atoms with Crippen LogP contribution in [0.3, 0.4) is 0 Å². The van der Waals surface area contributed by atoms with Crippen LogP contribution in [0.25, 0.3) is 0 Å². The van der Waals surface area contributed by atoms with Crippen molar-refractivity contribution in [2.45, 2.75) is 25.7 Å². The SMILES string of the molecule is NC(=S)N1CCc2c(OCCCCCOc3ccc(F)cc3)cccc21. The molecule has 0 spiro atoms. The smallest absolute Gasteiger partial charge is 0.170 e. The average Bonchev–Trinajstić information content (AvgIpc) is 3.07. The molecule has 0 aliphatic carbocycles. The van der Waals surface area contributed by atoms with E-state index < -0.39 is 0 Å². The summed E-state index contributed by atoms with van der Waals surface area (Å²) in [4.78, 5) is 1.95. The molecule has 1 aliphatic heterocycles. The zero-order valence-corrected chi connectivity index (χ0v) is 15.4. The molecular weight excluding hydrogens is 351 g/mol. The van der Waals surface area contributed by atoms with Crippen LogP contribution < -0.4 is 20.1 Å². The minimum Gasteiger partial charge on any atom is -0.494 e. The van der Waals surface area contributed by atoms with E-state index in [4.69, 9.17) is 27.4 Å². The predicted molar refractivity (Wildman–Crippen MR) is 106 cm³/mol. The van der Waals surface area contributed by atoms with Gasteiger partial charge in [0.2, 0.25) is 0 Å². The van der Waals surface area contributed by atoms with Gasteiger partial charge in [0.25, 0.3) is 0 Å². The summed E-state index contributed by atoms with van der Waals surface area (Å²) in [6.07, 6.45) is 3.79. The molecule has 0 atom stereocenters. The van der Waals surface area contributed by atoms with Crippen LogP contribution in [-0.2, 0) is 6.42 Å². The Labute approximate surface area is 158 Å². The Morgan fingerprint density at radius 1 is 1.04 bits per heavy atom. The molecule has 2 N–H and O–H groups in total. The maximum absolute atomic E-state index is 12.8. The molecule has 26 heavy (non-hydrogen) atoms. The Balaban J connectivity index is 1.37. The van der Waals surface area contributed by atoms with Crippen LogP contribution in [0.4, 0.5) is 10.1 Å². The second kappa shape index (κ2) is 8.85. The topological polar surface area (TPSA) is 47.7 Å². The highest BCUT2D eigenvalue weighted by Crippen LogP contribution is 2.35. The minimum absolute atomic E-state index is 0.252. The summed E-state index contributed by atoms with van der Waals surface area (Å²) >= 11 is 5.10. The van der Waals surface area contributed by atoms with E-state index in [-0.39, 0.29) is 5.82 Å². The average molecular weight is 374 g/mol. The van der Waals surface area contributed by atoms with Gasteiger partial charge in [-0.05, 0) is 74.3 Å². The van der Waals surface area contributed by atoms with Crippen molar-refractivity contribution in [3.05, 3.63) is 53.8 Å². The molecule has 0 aromatic heterocycles. The molecule has 2 aromatic carbocycles. The van der Waals surface area contributed by atoms with Crippen LogP contribution in [0.1, 0.15) is 24.8 Å². The van der Waals surface area contributed by atoms with Crippen LogP contribution in [0, 0.1) is 5.82 Å². The number of thiocarbonyl (C=S) groups is 1. The van der Waals surface area contributed by atoms with Gasteiger partial charge in [0.15, 0.2) is 5.11 Å². The Morgan fingerprint density at radius 2 is 1.77 bits per heavy atom. The van der Waals surface area contributed by atoms with Gasteiger partial charge in [-0.25, -0.2) is 4.39 Å². The summed E-state index contributed by atoms with van der Waals surface area (Å²) in [7, 11) is 0. The lowest BCUT2D eigenvalue weighted by Crippen LogP contribution is -2.33. The summed E-state index contributed by atoms with van der Waals surface area (Å²) in [5.41, 5.74) is 8.00. The maximum Gasteiger partial charge on any atom is 0.170 e. The van der Waals surface area contributed by atoms with Gasteiger partial charge in [-0.3, -0.25) is 0 Å². The van der Waals surface area contributed by atoms with Crippen molar-refractivity contribution < 1.29 is 13.9 Å². The molecule has 0 saturated carbocycles. The second-order valence-corrected chi connectivity index (χ2v) is 6.62. The molecule has 138 valence electrons. The molecule has 0 radical (unpaired) electrons. The number of nitrogens with two attached hydrogens (primary N) is 1. The van der Waals surface area contributed by atoms with Crippen LogP contribution in [0.15, 0.2) is 42.5 Å². The van der Waals surface area contributed by atoms with Crippen molar-refractivity contribution in [3.63, 3.8) is 0 Å². The van der Waals surface area contributed by atoms with Gasteiger partial charge in [-0.15, -0.1) is 0 Å². The maximum atomic E-state index is 12.8. The predicted octanol–water partition coefficient (Wildman–Crippen LogP) is 4.06. The summed E-state index contributed by atoms with van der Waals surface area (Å²) in [6, 6.07) is 12.1. The molecular formula is C20H23FN2O2S. The molecule has 0 unspecified atom stereocenters. The van der Waals surface area contributed by atoms with E-state index >= 15 is 0 Å². The summed E-state index contributed by atoms with van der Waals surface area (Å²) in [5.74, 6) is 1.37. The van der Waals surface area contributed by atoms with E-state index in [9.17, 15) is 4.39 Å². The lowest BCUT2D eigenvalue weighted by Gasteiger charge is -2.17. The zero-order chi connectivity index (χ0) is 18.4. The van der Waals surface area contributed by atoms with E-state index in [1.807, 2.05) is 23.1 Å². The zero-order valence-electron chi connectivity index (χ0n) is 14.6. The first-order chi connectivity index (χ1) is 12.6. The third-order valence-electron chi connectivity index (χ3n) is 4.38. The van der Waals surface area contributed by atoms with E-state index in [1.165, 1.54) is 17.7 Å². The number of fused-ring (bicyclic) bond motifs is 1. The van der Waals surface area contributed by atoms with E-state index in [0.29, 0.717) is 24.1 Å². The Bertz CT molecular complexity index is 752. The molecule has 2 aromatic rings. The van der Waals surface area contributed by atoms with Crippen molar-refractivity contribution in [2.75, 3.05) is 24.7 Å². The number of nitrogens with zero attached hydrogens (tertiary/aromatic N) is 1. The number of ether oxygens (including phenoxy) is 2. The van der Waals surface area contributed by atoms with E-state index in [2.05, 4.69) is 0 Å². The molecule has 0 bridgehead atoms. The molecule has 1 aliphatic rings. The van der Waals surface area contributed by atoms with Crippen LogP contribution >= 0.6 is 12.2 Å². The first-order valence-electron chi connectivity index (χ1n) is 8.85. The van der Waals surface area contributed by atoms with Gasteiger partial charge in [0, 0.05) is 12.1 Å². The molecule has 0 saturated heterocycles. The number of unbranched alkanes of at least 4 members (excludes halogenated alkanes) is 2. The van der Waals surface area contributed by atoms with Gasteiger partial charge in [-0.2, -0.15) is 0 Å². The summed E-state index contributed by atoms with van der Waals surface area (Å²) < 4.78 is 24.4. The second-order valence-electron chi connectivity index (χ2n) is 6.21. The number of rotatable bonds is 8. The highest BCUT2D eigenvalue weighted by Gasteiger charge is 2.23. The molecule has 6 heteroatoms. The van der Waals surface area contributed by atoms with Crippen molar-refractivity contribution in [1.29, 1.82) is 0 Å². The van der Waals surface area contributed by atoms with Crippen LogP contribution in [-0.4, -0.2) is 24.9 Å². The van der Waals surface area contributed by atoms with Gasteiger partial charge in [-0.1, -0.05) is 6.07 Å². The molecule has 0 amide bonds. The number of hydrogen-bond acceptors (Lipinski definition) is 3. The fraction of sp³-hybridized carbons (Fsp3) is 0.350. The molecule has 4 nitrogen and oxygen atoms in total. The fourth-order valence-electron chi connectivity index (χ4n) is 3.05. The largest absolute Gasteiger partial charge is 0.494 e. The Morgan fingerprint density at radius 3 is 2.50 bits per heavy atom. The van der Waals surface area contributed by atoms with Crippen molar-refractivity contribution in [1.82, 2.24) is 0 Å². The Kier molecular flexibility index (Phi) is 6.28. The van der Waals surface area contributed by atoms with Gasteiger partial charge < -0.3 is 20.1 Å². The number of benzene rings is 2. The highest BCUT2D eigenvalue weighted by atomic mass is 32.1. The van der Waals surface area contributed by atoms with Gasteiger partial charge in [0.1, 0.15) is 17.3 Å². The van der Waals surface area contributed by atoms with Crippen LogP contribution in [0.2, 0.25) is 0 Å². The monoisotopic (exact) mass is 374 g/mol. The molecule has 1 heterocycles. The van der Waals surface area contributed by atoms with Crippen molar-refractivity contribution in [3.8, 4) is 11.5 Å². The highest BCUT2D eigenvalue weighted by molar-refractivity contribution is 7.80. The van der Waals surface area contributed by atoms with Crippen LogP contribution in [0.5, 0.6) is 11.5 Å². The van der Waals surface area contributed by atoms with Crippen molar-refractivity contribution >= 4 is 23.0 Å². The third-order valence-corrected chi connectivity index (χ3v) is 4.60.